The molecule has 1 unspecified atom stereocenters. The van der Waals surface area contributed by atoms with Gasteiger partial charge in [0.2, 0.25) is 0 Å². The number of benzene rings is 1. The van der Waals surface area contributed by atoms with E-state index >= 15 is 0 Å². The maximum absolute atomic E-state index is 10.1. The number of aliphatic hydroxyl groups is 1. The van der Waals surface area contributed by atoms with E-state index in [0.717, 1.165) is 22.2 Å². The van der Waals surface area contributed by atoms with Gasteiger partial charge in [0.15, 0.2) is 0 Å². The molecule has 0 spiro atoms. The molecule has 1 aromatic rings. The predicted octanol–water partition coefficient (Wildman–Crippen LogP) is 3.93. The Bertz CT molecular complexity index is 355. The smallest absolute Gasteiger partial charge is 0.133 e. The zero-order chi connectivity index (χ0) is 12.3. The monoisotopic (exact) mass is 286 g/mol. The summed E-state index contributed by atoms with van der Waals surface area (Å²) in [5, 5.41) is 10.1. The van der Waals surface area contributed by atoms with Gasteiger partial charge < -0.3 is 9.84 Å². The van der Waals surface area contributed by atoms with Gasteiger partial charge in [0, 0.05) is 0 Å². The van der Waals surface area contributed by atoms with Crippen molar-refractivity contribution in [1.29, 1.82) is 0 Å². The molecule has 0 fully saturated rings. The molecule has 0 saturated carbocycles. The quantitative estimate of drug-likeness (QED) is 0.912. The zero-order valence-corrected chi connectivity index (χ0v) is 11.8. The number of methoxy groups -OCH3 is 1. The van der Waals surface area contributed by atoms with Crippen LogP contribution in [0.2, 0.25) is 0 Å². The van der Waals surface area contributed by atoms with Crippen LogP contribution >= 0.6 is 15.9 Å². The van der Waals surface area contributed by atoms with Crippen molar-refractivity contribution in [2.75, 3.05) is 7.11 Å². The Kier molecular flexibility index (Phi) is 4.39. The molecule has 1 atom stereocenters. The first kappa shape index (κ1) is 13.5. The van der Waals surface area contributed by atoms with Gasteiger partial charge in [-0.1, -0.05) is 26.8 Å². The summed E-state index contributed by atoms with van der Waals surface area (Å²) >= 11 is 3.42. The minimum absolute atomic E-state index is 0.117. The summed E-state index contributed by atoms with van der Waals surface area (Å²) in [4.78, 5) is 0. The number of hydrogen-bond donors (Lipinski definition) is 1. The van der Waals surface area contributed by atoms with Crippen molar-refractivity contribution in [3.8, 4) is 5.75 Å². The first-order valence-corrected chi connectivity index (χ1v) is 6.14. The third kappa shape index (κ3) is 3.80. The molecule has 1 aromatic carbocycles. The molecular weight excluding hydrogens is 268 g/mol. The molecule has 0 amide bonds. The summed E-state index contributed by atoms with van der Waals surface area (Å²) in [6.07, 6.45) is 0.313. The molecule has 1 N–H and O–H groups in total. The van der Waals surface area contributed by atoms with Gasteiger partial charge in [0.05, 0.1) is 17.7 Å². The fourth-order valence-corrected chi connectivity index (χ4v) is 2.15. The summed E-state index contributed by atoms with van der Waals surface area (Å²) in [6.45, 7) is 6.36. The van der Waals surface area contributed by atoms with E-state index in [9.17, 15) is 5.11 Å². The maximum Gasteiger partial charge on any atom is 0.133 e. The van der Waals surface area contributed by atoms with Crippen molar-refractivity contribution < 1.29 is 9.84 Å². The van der Waals surface area contributed by atoms with Crippen molar-refractivity contribution in [3.05, 3.63) is 28.2 Å². The van der Waals surface area contributed by atoms with Gasteiger partial charge in [-0.15, -0.1) is 0 Å². The van der Waals surface area contributed by atoms with Crippen molar-refractivity contribution in [1.82, 2.24) is 0 Å². The Labute approximate surface area is 106 Å². The Morgan fingerprint density at radius 3 is 2.44 bits per heavy atom. The topological polar surface area (TPSA) is 29.5 Å². The normalized spacial score (nSPS) is 13.6. The van der Waals surface area contributed by atoms with Crippen molar-refractivity contribution in [3.63, 3.8) is 0 Å². The highest BCUT2D eigenvalue weighted by Crippen LogP contribution is 2.33. The fraction of sp³-hybridized carbons (Fsp3) is 0.538. The molecule has 0 heterocycles. The highest BCUT2D eigenvalue weighted by molar-refractivity contribution is 9.10. The SMILES string of the molecule is COc1ccc(C(O)CC(C)(C)C)cc1Br. The minimum Gasteiger partial charge on any atom is -0.496 e. The largest absolute Gasteiger partial charge is 0.496 e. The fourth-order valence-electron chi connectivity index (χ4n) is 1.59. The lowest BCUT2D eigenvalue weighted by molar-refractivity contribution is 0.122. The van der Waals surface area contributed by atoms with Crippen molar-refractivity contribution >= 4 is 15.9 Å². The van der Waals surface area contributed by atoms with E-state index < -0.39 is 6.10 Å². The van der Waals surface area contributed by atoms with Crippen LogP contribution in [0.15, 0.2) is 22.7 Å². The van der Waals surface area contributed by atoms with Gasteiger partial charge in [-0.25, -0.2) is 0 Å². The van der Waals surface area contributed by atoms with Crippen LogP contribution in [0.25, 0.3) is 0 Å². The number of ether oxygens (including phenoxy) is 1. The van der Waals surface area contributed by atoms with Gasteiger partial charge in [-0.3, -0.25) is 0 Å². The molecule has 0 aliphatic heterocycles. The molecule has 0 aliphatic carbocycles. The molecule has 0 bridgehead atoms. The lowest BCUT2D eigenvalue weighted by atomic mass is 9.87. The van der Waals surface area contributed by atoms with E-state index in [2.05, 4.69) is 36.7 Å². The summed E-state index contributed by atoms with van der Waals surface area (Å²) in [5.41, 5.74) is 1.04. The van der Waals surface area contributed by atoms with Gasteiger partial charge in [0.1, 0.15) is 5.75 Å². The van der Waals surface area contributed by atoms with Crippen LogP contribution in [0, 0.1) is 5.41 Å². The molecule has 16 heavy (non-hydrogen) atoms. The molecule has 3 heteroatoms. The average Bonchev–Trinajstić information content (AvgIpc) is 2.15. The number of halogens is 1. The first-order valence-electron chi connectivity index (χ1n) is 5.35. The lowest BCUT2D eigenvalue weighted by Gasteiger charge is -2.22. The summed E-state index contributed by atoms with van der Waals surface area (Å²) in [5.74, 6) is 0.784. The molecule has 0 radical (unpaired) electrons. The highest BCUT2D eigenvalue weighted by atomic mass is 79.9. The first-order chi connectivity index (χ1) is 7.33. The lowest BCUT2D eigenvalue weighted by Crippen LogP contribution is -2.11. The van der Waals surface area contributed by atoms with Gasteiger partial charge in [0.25, 0.3) is 0 Å². The van der Waals surface area contributed by atoms with Crippen molar-refractivity contribution in [2.45, 2.75) is 33.3 Å². The van der Waals surface area contributed by atoms with Crippen LogP contribution in [-0.2, 0) is 0 Å². The van der Waals surface area contributed by atoms with E-state index in [1.807, 2.05) is 18.2 Å². The number of rotatable bonds is 3. The van der Waals surface area contributed by atoms with E-state index in [4.69, 9.17) is 4.74 Å². The van der Waals surface area contributed by atoms with E-state index in [0.29, 0.717) is 0 Å². The molecule has 1 rings (SSSR count). The molecule has 0 aliphatic rings. The number of aliphatic hydroxyl groups excluding tert-OH is 1. The Balaban J connectivity index is 2.85. The predicted molar refractivity (Wildman–Crippen MR) is 69.7 cm³/mol. The Morgan fingerprint density at radius 1 is 1.38 bits per heavy atom. The summed E-state index contributed by atoms with van der Waals surface area (Å²) in [7, 11) is 1.63. The molecule has 0 aromatic heterocycles. The van der Waals surface area contributed by atoms with Gasteiger partial charge in [-0.05, 0) is 45.5 Å². The van der Waals surface area contributed by atoms with Crippen LogP contribution < -0.4 is 4.74 Å². The van der Waals surface area contributed by atoms with Crippen LogP contribution in [-0.4, -0.2) is 12.2 Å². The summed E-state index contributed by atoms with van der Waals surface area (Å²) < 4.78 is 6.03. The molecular formula is C13H19BrO2. The molecule has 2 nitrogen and oxygen atoms in total. The van der Waals surface area contributed by atoms with Gasteiger partial charge >= 0.3 is 0 Å². The van der Waals surface area contributed by atoms with E-state index in [1.165, 1.54) is 0 Å². The highest BCUT2D eigenvalue weighted by Gasteiger charge is 2.18. The minimum atomic E-state index is -0.429. The van der Waals surface area contributed by atoms with Crippen LogP contribution in [0.1, 0.15) is 38.9 Å². The molecule has 90 valence electrons. The average molecular weight is 287 g/mol. The van der Waals surface area contributed by atoms with E-state index in [1.54, 1.807) is 7.11 Å². The second kappa shape index (κ2) is 5.19. The van der Waals surface area contributed by atoms with E-state index in [-0.39, 0.29) is 5.41 Å². The van der Waals surface area contributed by atoms with Crippen LogP contribution in [0.5, 0.6) is 5.75 Å². The second-order valence-corrected chi connectivity index (χ2v) is 6.03. The van der Waals surface area contributed by atoms with Gasteiger partial charge in [-0.2, -0.15) is 0 Å². The second-order valence-electron chi connectivity index (χ2n) is 5.17. The zero-order valence-electron chi connectivity index (χ0n) is 10.2. The third-order valence-corrected chi connectivity index (χ3v) is 2.99. The molecule has 0 saturated heterocycles. The Hall–Kier alpha value is -0.540. The van der Waals surface area contributed by atoms with Crippen LogP contribution in [0.4, 0.5) is 0 Å². The maximum atomic E-state index is 10.1. The summed E-state index contributed by atoms with van der Waals surface area (Å²) in [6, 6.07) is 5.68. The third-order valence-electron chi connectivity index (χ3n) is 2.37. The number of hydrogen-bond acceptors (Lipinski definition) is 2. The van der Waals surface area contributed by atoms with Crippen LogP contribution in [0.3, 0.4) is 0 Å². The Morgan fingerprint density at radius 2 is 2.00 bits per heavy atom. The van der Waals surface area contributed by atoms with Crippen molar-refractivity contribution in [2.24, 2.45) is 5.41 Å². The standard InChI is InChI=1S/C13H19BrO2/c1-13(2,3)8-11(15)9-5-6-12(16-4)10(14)7-9/h5-7,11,15H,8H2,1-4H3.